The van der Waals surface area contributed by atoms with E-state index in [1.807, 2.05) is 4.90 Å². The van der Waals surface area contributed by atoms with Crippen LogP contribution in [0.2, 0.25) is 0 Å². The molecule has 1 aliphatic carbocycles. The van der Waals surface area contributed by atoms with E-state index in [0.717, 1.165) is 71.0 Å². The first-order valence-corrected chi connectivity index (χ1v) is 10.6. The third kappa shape index (κ3) is 5.11. The summed E-state index contributed by atoms with van der Waals surface area (Å²) in [5, 5.41) is 8.97. The van der Waals surface area contributed by atoms with Crippen LogP contribution in [0.3, 0.4) is 0 Å². The van der Waals surface area contributed by atoms with E-state index in [4.69, 9.17) is 9.84 Å². The van der Waals surface area contributed by atoms with E-state index < -0.39 is 0 Å². The highest BCUT2D eigenvalue weighted by Gasteiger charge is 2.46. The summed E-state index contributed by atoms with van der Waals surface area (Å²) in [6.45, 7) is 5.75. The van der Waals surface area contributed by atoms with Gasteiger partial charge in [0.15, 0.2) is 0 Å². The van der Waals surface area contributed by atoms with Gasteiger partial charge in [0.05, 0.1) is 6.54 Å². The molecule has 0 atom stereocenters. The molecule has 6 nitrogen and oxygen atoms in total. The number of aliphatic hydroxyl groups is 1. The predicted molar refractivity (Wildman–Crippen MR) is 102 cm³/mol. The summed E-state index contributed by atoms with van der Waals surface area (Å²) in [6, 6.07) is 0.740. The van der Waals surface area contributed by atoms with E-state index in [2.05, 4.69) is 16.8 Å². The van der Waals surface area contributed by atoms with Crippen LogP contribution in [-0.2, 0) is 4.74 Å². The number of carbonyl (C=O) groups excluding carboxylic acids is 1. The number of hydrogen-bond donors (Lipinski definition) is 1. The molecule has 2 heterocycles. The molecule has 0 radical (unpaired) electrons. The molecule has 2 saturated heterocycles. The second-order valence-corrected chi connectivity index (χ2v) is 8.52. The summed E-state index contributed by atoms with van der Waals surface area (Å²) in [4.78, 5) is 19.1. The first-order chi connectivity index (χ1) is 12.6. The monoisotopic (exact) mass is 367 g/mol. The lowest BCUT2D eigenvalue weighted by atomic mass is 9.91. The van der Waals surface area contributed by atoms with Crippen LogP contribution in [0.15, 0.2) is 0 Å². The van der Waals surface area contributed by atoms with E-state index in [1.165, 1.54) is 32.1 Å². The molecule has 3 rings (SSSR count). The Labute approximate surface area is 158 Å². The maximum atomic E-state index is 12.3. The Bertz CT molecular complexity index is 446. The average molecular weight is 368 g/mol. The number of likely N-dealkylation sites (tertiary alicyclic amines) is 1. The number of piperidine rings is 1. The first-order valence-electron chi connectivity index (χ1n) is 10.6. The van der Waals surface area contributed by atoms with Crippen molar-refractivity contribution in [2.24, 2.45) is 0 Å². The van der Waals surface area contributed by atoms with Crippen LogP contribution < -0.4 is 0 Å². The van der Waals surface area contributed by atoms with Crippen molar-refractivity contribution < 1.29 is 14.6 Å². The number of rotatable bonds is 8. The molecule has 3 aliphatic rings. The molecule has 3 fully saturated rings. The Balaban J connectivity index is 1.38. The lowest BCUT2D eigenvalue weighted by Crippen LogP contribution is -2.47. The summed E-state index contributed by atoms with van der Waals surface area (Å²) < 4.78 is 5.83. The van der Waals surface area contributed by atoms with E-state index in [1.54, 1.807) is 0 Å². The summed E-state index contributed by atoms with van der Waals surface area (Å²) in [7, 11) is 2.24. The van der Waals surface area contributed by atoms with E-state index >= 15 is 0 Å². The molecule has 0 aromatic rings. The molecule has 1 saturated carbocycles. The molecular weight excluding hydrogens is 330 g/mol. The van der Waals surface area contributed by atoms with E-state index in [9.17, 15) is 4.79 Å². The molecule has 0 unspecified atom stereocenters. The van der Waals surface area contributed by atoms with Gasteiger partial charge in [-0.05, 0) is 39.3 Å². The number of amides is 1. The Morgan fingerprint density at radius 1 is 1.15 bits per heavy atom. The van der Waals surface area contributed by atoms with Crippen LogP contribution in [0.5, 0.6) is 0 Å². The maximum absolute atomic E-state index is 12.3. The van der Waals surface area contributed by atoms with Crippen molar-refractivity contribution in [1.29, 1.82) is 0 Å². The van der Waals surface area contributed by atoms with Gasteiger partial charge in [0.1, 0.15) is 5.60 Å². The highest BCUT2D eigenvalue weighted by Crippen LogP contribution is 2.33. The zero-order valence-corrected chi connectivity index (χ0v) is 16.5. The molecule has 1 spiro atoms. The van der Waals surface area contributed by atoms with Crippen LogP contribution in [0.4, 0.5) is 4.79 Å². The fourth-order valence-electron chi connectivity index (χ4n) is 4.82. The summed E-state index contributed by atoms with van der Waals surface area (Å²) >= 11 is 0. The minimum Gasteiger partial charge on any atom is -0.441 e. The van der Waals surface area contributed by atoms with Gasteiger partial charge in [0, 0.05) is 51.7 Å². The van der Waals surface area contributed by atoms with Crippen LogP contribution in [0.25, 0.3) is 0 Å². The number of carbonyl (C=O) groups is 1. The second kappa shape index (κ2) is 9.38. The van der Waals surface area contributed by atoms with Crippen LogP contribution >= 0.6 is 0 Å². The normalized spacial score (nSPS) is 24.6. The number of nitrogens with zero attached hydrogens (tertiary/aromatic N) is 3. The standard InChI is InChI=1S/C20H37N3O3/c1-21(18-7-3-2-4-8-18)11-5-13-23-17-20(26-19(23)25)9-14-22(15-10-20)12-6-16-24/h18,24H,2-17H2,1H3. The van der Waals surface area contributed by atoms with Crippen LogP contribution in [-0.4, -0.2) is 90.5 Å². The Morgan fingerprint density at radius 3 is 2.58 bits per heavy atom. The third-order valence-electron chi connectivity index (χ3n) is 6.58. The van der Waals surface area contributed by atoms with Gasteiger partial charge >= 0.3 is 6.09 Å². The molecule has 150 valence electrons. The molecule has 2 aliphatic heterocycles. The van der Waals surface area contributed by atoms with Crippen LogP contribution in [0.1, 0.15) is 57.8 Å². The molecular formula is C20H37N3O3. The second-order valence-electron chi connectivity index (χ2n) is 8.52. The molecule has 1 N–H and O–H groups in total. The average Bonchev–Trinajstić information content (AvgIpc) is 2.97. The molecule has 6 heteroatoms. The highest BCUT2D eigenvalue weighted by molar-refractivity contribution is 5.70. The van der Waals surface area contributed by atoms with Gasteiger partial charge in [-0.1, -0.05) is 19.3 Å². The lowest BCUT2D eigenvalue weighted by molar-refractivity contribution is -0.000232. The highest BCUT2D eigenvalue weighted by atomic mass is 16.6. The van der Waals surface area contributed by atoms with Crippen molar-refractivity contribution in [3.05, 3.63) is 0 Å². The smallest absolute Gasteiger partial charge is 0.410 e. The largest absolute Gasteiger partial charge is 0.441 e. The van der Waals surface area contributed by atoms with Crippen LogP contribution in [0, 0.1) is 0 Å². The van der Waals surface area contributed by atoms with Gasteiger partial charge in [-0.15, -0.1) is 0 Å². The first kappa shape index (κ1) is 19.9. The van der Waals surface area contributed by atoms with Gasteiger partial charge in [0.25, 0.3) is 0 Å². The third-order valence-corrected chi connectivity index (χ3v) is 6.58. The van der Waals surface area contributed by atoms with Gasteiger partial charge in [0.2, 0.25) is 0 Å². The number of hydrogen-bond acceptors (Lipinski definition) is 5. The number of aliphatic hydroxyl groups excluding tert-OH is 1. The fourth-order valence-corrected chi connectivity index (χ4v) is 4.82. The van der Waals surface area contributed by atoms with Gasteiger partial charge in [-0.2, -0.15) is 0 Å². The summed E-state index contributed by atoms with van der Waals surface area (Å²) in [5.41, 5.74) is -0.262. The Morgan fingerprint density at radius 2 is 1.88 bits per heavy atom. The molecule has 0 bridgehead atoms. The molecule has 0 aromatic heterocycles. The minimum absolute atomic E-state index is 0.117. The van der Waals surface area contributed by atoms with Crippen molar-refractivity contribution in [3.63, 3.8) is 0 Å². The molecule has 1 amide bonds. The minimum atomic E-state index is -0.262. The van der Waals surface area contributed by atoms with E-state index in [0.29, 0.717) is 0 Å². The SMILES string of the molecule is CN(CCCN1CC2(CCN(CCCO)CC2)OC1=O)C1CCCCC1. The lowest BCUT2D eigenvalue weighted by Gasteiger charge is -2.37. The number of ether oxygens (including phenoxy) is 1. The zero-order valence-electron chi connectivity index (χ0n) is 16.5. The predicted octanol–water partition coefficient (Wildman–Crippen LogP) is 2.31. The zero-order chi connectivity index (χ0) is 18.4. The Hall–Kier alpha value is -0.850. The summed E-state index contributed by atoms with van der Waals surface area (Å²) in [5.74, 6) is 0. The van der Waals surface area contributed by atoms with Gasteiger partial charge < -0.3 is 24.5 Å². The van der Waals surface area contributed by atoms with Crippen molar-refractivity contribution >= 4 is 6.09 Å². The quantitative estimate of drug-likeness (QED) is 0.713. The van der Waals surface area contributed by atoms with E-state index in [-0.39, 0.29) is 18.3 Å². The van der Waals surface area contributed by atoms with Crippen molar-refractivity contribution in [1.82, 2.24) is 14.7 Å². The van der Waals surface area contributed by atoms with Gasteiger partial charge in [-0.25, -0.2) is 4.79 Å². The Kier molecular flexibility index (Phi) is 7.18. The maximum Gasteiger partial charge on any atom is 0.410 e. The topological polar surface area (TPSA) is 56.3 Å². The molecule has 26 heavy (non-hydrogen) atoms. The van der Waals surface area contributed by atoms with Crippen molar-refractivity contribution in [3.8, 4) is 0 Å². The van der Waals surface area contributed by atoms with Crippen molar-refractivity contribution in [2.45, 2.75) is 69.4 Å². The van der Waals surface area contributed by atoms with Gasteiger partial charge in [-0.3, -0.25) is 0 Å². The van der Waals surface area contributed by atoms with Crippen molar-refractivity contribution in [2.75, 3.05) is 52.9 Å². The molecule has 0 aromatic carbocycles. The fraction of sp³-hybridized carbons (Fsp3) is 0.950. The summed E-state index contributed by atoms with van der Waals surface area (Å²) in [6.07, 6.45) is 10.4.